The van der Waals surface area contributed by atoms with Crippen molar-refractivity contribution in [3.05, 3.63) is 59.7 Å². The molecule has 1 saturated heterocycles. The summed E-state index contributed by atoms with van der Waals surface area (Å²) in [6.45, 7) is 3.69. The minimum absolute atomic E-state index is 0.0550. The number of rotatable bonds is 3. The molecule has 1 atom stereocenters. The summed E-state index contributed by atoms with van der Waals surface area (Å²) in [7, 11) is 0. The monoisotopic (exact) mass is 336 g/mol. The molecule has 1 amide bonds. The summed E-state index contributed by atoms with van der Waals surface area (Å²) in [5.74, 6) is -0.0564. The van der Waals surface area contributed by atoms with Gasteiger partial charge in [-0.25, -0.2) is 0 Å². The predicted octanol–water partition coefficient (Wildman–Crippen LogP) is 2.68. The highest BCUT2D eigenvalue weighted by Crippen LogP contribution is 2.36. The lowest BCUT2D eigenvalue weighted by molar-refractivity contribution is -0.142. The van der Waals surface area contributed by atoms with Crippen molar-refractivity contribution in [1.82, 2.24) is 4.90 Å². The molecule has 0 saturated carbocycles. The Balaban J connectivity index is 1.51. The number of amides is 1. The molecule has 2 aromatic rings. The maximum Gasteiger partial charge on any atom is 0.263 e. The van der Waals surface area contributed by atoms with E-state index in [0.29, 0.717) is 19.7 Å². The van der Waals surface area contributed by atoms with Gasteiger partial charge in [0.2, 0.25) is 0 Å². The molecule has 0 unspecified atom stereocenters. The van der Waals surface area contributed by atoms with E-state index in [1.54, 1.807) is 4.90 Å². The number of nitrogens with zero attached hydrogens (tertiary/aromatic N) is 2. The topological polar surface area (TPSA) is 51.1 Å². The molecule has 5 nitrogen and oxygen atoms in total. The van der Waals surface area contributed by atoms with Crippen molar-refractivity contribution >= 4 is 11.6 Å². The van der Waals surface area contributed by atoms with Gasteiger partial charge in [0, 0.05) is 24.2 Å². The largest absolute Gasteiger partial charge is 0.385 e. The van der Waals surface area contributed by atoms with Crippen molar-refractivity contribution in [2.75, 3.05) is 26.3 Å². The Bertz CT molecular complexity index is 784. The number of oxime groups is 1. The molecule has 1 aliphatic carbocycles. The molecule has 0 spiro atoms. The van der Waals surface area contributed by atoms with E-state index in [0.717, 1.165) is 28.0 Å². The third-order valence-corrected chi connectivity index (χ3v) is 4.59. The van der Waals surface area contributed by atoms with Crippen LogP contribution in [0.3, 0.4) is 0 Å². The minimum atomic E-state index is -0.0564. The Hall–Kier alpha value is -2.66. The fourth-order valence-electron chi connectivity index (χ4n) is 3.38. The number of carbonyl (C=O) groups is 1. The molecular weight excluding hydrogens is 316 g/mol. The highest BCUT2D eigenvalue weighted by atomic mass is 16.6. The molecule has 25 heavy (non-hydrogen) atoms. The quantitative estimate of drug-likeness (QED) is 0.691. The van der Waals surface area contributed by atoms with E-state index in [2.05, 4.69) is 17.3 Å². The molecule has 1 heterocycles. The number of fused-ring (bicyclic) bond motifs is 3. The second-order valence-corrected chi connectivity index (χ2v) is 6.33. The zero-order valence-corrected chi connectivity index (χ0v) is 14.1. The van der Waals surface area contributed by atoms with Gasteiger partial charge >= 0.3 is 0 Å². The van der Waals surface area contributed by atoms with Crippen LogP contribution in [0.5, 0.6) is 0 Å². The molecule has 0 aromatic heterocycles. The zero-order valence-electron chi connectivity index (χ0n) is 14.1. The molecule has 0 N–H and O–H groups in total. The molecule has 1 aliphatic heterocycles. The van der Waals surface area contributed by atoms with E-state index in [1.165, 1.54) is 0 Å². The first-order valence-corrected chi connectivity index (χ1v) is 8.52. The maximum absolute atomic E-state index is 12.3. The van der Waals surface area contributed by atoms with Gasteiger partial charge in [-0.15, -0.1) is 0 Å². The van der Waals surface area contributed by atoms with E-state index in [-0.39, 0.29) is 18.6 Å². The molecule has 0 bridgehead atoms. The van der Waals surface area contributed by atoms with Crippen LogP contribution < -0.4 is 0 Å². The normalized spacial score (nSPS) is 18.5. The number of carbonyl (C=O) groups excluding carboxylic acids is 1. The van der Waals surface area contributed by atoms with Gasteiger partial charge in [-0.3, -0.25) is 4.79 Å². The summed E-state index contributed by atoms with van der Waals surface area (Å²) in [6.07, 6.45) is 0.0672. The molecule has 5 heteroatoms. The summed E-state index contributed by atoms with van der Waals surface area (Å²) in [5, 5.41) is 4.30. The third kappa shape index (κ3) is 3.03. The number of hydrogen-bond acceptors (Lipinski definition) is 4. The van der Waals surface area contributed by atoms with E-state index < -0.39 is 0 Å². The van der Waals surface area contributed by atoms with Crippen LogP contribution in [-0.4, -0.2) is 48.9 Å². The SMILES string of the molecule is C[C@@H]1CN(C(=O)CON=C2c3ccccc3-c3ccccc32)CCO1. The van der Waals surface area contributed by atoms with Gasteiger partial charge in [0.1, 0.15) is 5.71 Å². The Morgan fingerprint density at radius 3 is 2.32 bits per heavy atom. The minimum Gasteiger partial charge on any atom is -0.385 e. The van der Waals surface area contributed by atoms with Crippen LogP contribution in [0.1, 0.15) is 18.1 Å². The first-order valence-electron chi connectivity index (χ1n) is 8.52. The van der Waals surface area contributed by atoms with Gasteiger partial charge in [-0.1, -0.05) is 53.7 Å². The summed E-state index contributed by atoms with van der Waals surface area (Å²) >= 11 is 0. The first-order chi connectivity index (χ1) is 12.2. The van der Waals surface area contributed by atoms with E-state index in [9.17, 15) is 4.79 Å². The van der Waals surface area contributed by atoms with Crippen LogP contribution in [0.15, 0.2) is 53.7 Å². The molecule has 4 rings (SSSR count). The van der Waals surface area contributed by atoms with Crippen LogP contribution in [0.4, 0.5) is 0 Å². The zero-order chi connectivity index (χ0) is 17.2. The lowest BCUT2D eigenvalue weighted by Gasteiger charge is -2.30. The molecule has 2 aliphatic rings. The van der Waals surface area contributed by atoms with E-state index in [1.807, 2.05) is 43.3 Å². The summed E-state index contributed by atoms with van der Waals surface area (Å²) < 4.78 is 5.46. The van der Waals surface area contributed by atoms with E-state index >= 15 is 0 Å². The van der Waals surface area contributed by atoms with Crippen molar-refractivity contribution in [1.29, 1.82) is 0 Å². The number of benzene rings is 2. The van der Waals surface area contributed by atoms with Crippen molar-refractivity contribution < 1.29 is 14.4 Å². The van der Waals surface area contributed by atoms with Crippen molar-refractivity contribution in [2.45, 2.75) is 13.0 Å². The Kier molecular flexibility index (Phi) is 4.24. The average Bonchev–Trinajstić information content (AvgIpc) is 2.96. The Morgan fingerprint density at radius 1 is 1.12 bits per heavy atom. The second-order valence-electron chi connectivity index (χ2n) is 6.33. The van der Waals surface area contributed by atoms with Crippen molar-refractivity contribution in [2.24, 2.45) is 5.16 Å². The number of hydrogen-bond donors (Lipinski definition) is 0. The molecule has 128 valence electrons. The number of ether oxygens (including phenoxy) is 1. The average molecular weight is 336 g/mol. The van der Waals surface area contributed by atoms with Gasteiger partial charge < -0.3 is 14.5 Å². The Morgan fingerprint density at radius 2 is 1.72 bits per heavy atom. The second kappa shape index (κ2) is 6.69. The number of morpholine rings is 1. The van der Waals surface area contributed by atoms with Crippen molar-refractivity contribution in [3.8, 4) is 11.1 Å². The molecule has 1 fully saturated rings. The van der Waals surface area contributed by atoms with Crippen molar-refractivity contribution in [3.63, 3.8) is 0 Å². The van der Waals surface area contributed by atoms with Crippen LogP contribution in [-0.2, 0) is 14.4 Å². The Labute approximate surface area is 146 Å². The van der Waals surface area contributed by atoms with Crippen LogP contribution in [0.25, 0.3) is 11.1 Å². The lowest BCUT2D eigenvalue weighted by atomic mass is 10.1. The molecule has 2 aromatic carbocycles. The van der Waals surface area contributed by atoms with Gasteiger partial charge in [0.15, 0.2) is 6.61 Å². The van der Waals surface area contributed by atoms with Gasteiger partial charge in [0.25, 0.3) is 5.91 Å². The van der Waals surface area contributed by atoms with Gasteiger partial charge in [-0.2, -0.15) is 0 Å². The standard InChI is InChI=1S/C20H20N2O3/c1-14-12-22(10-11-24-14)19(23)13-25-21-20-17-8-4-2-6-15(17)16-7-3-5-9-18(16)20/h2-9,14H,10-13H2,1H3/t14-/m1/s1. The highest BCUT2D eigenvalue weighted by Gasteiger charge is 2.25. The molecule has 0 radical (unpaired) electrons. The lowest BCUT2D eigenvalue weighted by Crippen LogP contribution is -2.45. The summed E-state index contributed by atoms with van der Waals surface area (Å²) in [6, 6.07) is 16.2. The fraction of sp³-hybridized carbons (Fsp3) is 0.300. The molecular formula is C20H20N2O3. The van der Waals surface area contributed by atoms with E-state index in [4.69, 9.17) is 9.57 Å². The maximum atomic E-state index is 12.3. The summed E-state index contributed by atoms with van der Waals surface area (Å²) in [5.41, 5.74) is 5.16. The smallest absolute Gasteiger partial charge is 0.263 e. The van der Waals surface area contributed by atoms with Crippen LogP contribution >= 0.6 is 0 Å². The van der Waals surface area contributed by atoms with Crippen LogP contribution in [0, 0.1) is 0 Å². The first kappa shape index (κ1) is 15.8. The van der Waals surface area contributed by atoms with Gasteiger partial charge in [-0.05, 0) is 18.1 Å². The predicted molar refractivity (Wildman–Crippen MR) is 95.5 cm³/mol. The third-order valence-electron chi connectivity index (χ3n) is 4.59. The highest BCUT2D eigenvalue weighted by molar-refractivity contribution is 6.24. The fourth-order valence-corrected chi connectivity index (χ4v) is 3.38. The summed E-state index contributed by atoms with van der Waals surface area (Å²) in [4.78, 5) is 19.5. The van der Waals surface area contributed by atoms with Gasteiger partial charge in [0.05, 0.1) is 12.7 Å². The van der Waals surface area contributed by atoms with Crippen LogP contribution in [0.2, 0.25) is 0 Å².